The van der Waals surface area contributed by atoms with E-state index >= 15 is 0 Å². The smallest absolute Gasteiger partial charge is 0.237 e. The number of rotatable bonds is 3. The van der Waals surface area contributed by atoms with Gasteiger partial charge in [0.1, 0.15) is 5.54 Å². The van der Waals surface area contributed by atoms with Gasteiger partial charge >= 0.3 is 0 Å². The van der Waals surface area contributed by atoms with Crippen LogP contribution in [0.2, 0.25) is 0 Å². The molecule has 1 aliphatic carbocycles. The van der Waals surface area contributed by atoms with Crippen molar-refractivity contribution >= 4 is 5.91 Å². The van der Waals surface area contributed by atoms with Crippen LogP contribution in [0.25, 0.3) is 0 Å². The van der Waals surface area contributed by atoms with Crippen molar-refractivity contribution in [3.63, 3.8) is 0 Å². The highest BCUT2D eigenvalue weighted by Gasteiger charge is 2.39. The zero-order valence-electron chi connectivity index (χ0n) is 12.5. The maximum Gasteiger partial charge on any atom is 0.237 e. The number of nitrogens with zero attached hydrogens (tertiary/aromatic N) is 3. The minimum absolute atomic E-state index is 0.0731. The summed E-state index contributed by atoms with van der Waals surface area (Å²) in [7, 11) is 1.80. The monoisotopic (exact) mass is 278 g/mol. The number of piperidine rings is 1. The number of likely N-dealkylation sites (N-methyl/N-ethyl adjacent to an activating group) is 1. The van der Waals surface area contributed by atoms with Crippen molar-refractivity contribution in [2.24, 2.45) is 5.73 Å². The lowest BCUT2D eigenvalue weighted by Gasteiger charge is -2.40. The fourth-order valence-corrected chi connectivity index (χ4v) is 3.31. The summed E-state index contributed by atoms with van der Waals surface area (Å²) in [5, 5.41) is 9.53. The lowest BCUT2D eigenvalue weighted by atomic mass is 9.81. The molecule has 5 heteroatoms. The molecule has 1 heterocycles. The molecule has 0 aromatic heterocycles. The van der Waals surface area contributed by atoms with Crippen molar-refractivity contribution in [2.45, 2.75) is 56.5 Å². The first kappa shape index (κ1) is 15.3. The van der Waals surface area contributed by atoms with E-state index in [-0.39, 0.29) is 11.9 Å². The highest BCUT2D eigenvalue weighted by Crippen LogP contribution is 2.32. The highest BCUT2D eigenvalue weighted by molar-refractivity contribution is 5.79. The number of hydrogen-bond acceptors (Lipinski definition) is 4. The van der Waals surface area contributed by atoms with Gasteiger partial charge in [0, 0.05) is 26.2 Å². The number of hydrogen-bond donors (Lipinski definition) is 1. The standard InChI is InChI=1S/C15H26N4O/c1-18(15(12-16)7-3-2-4-8-15)14(20)11-19-9-5-13(17)6-10-19/h13H,2-11,17H2,1H3. The third-order valence-corrected chi connectivity index (χ3v) is 4.90. The molecule has 0 aromatic carbocycles. The second-order valence-electron chi connectivity index (χ2n) is 6.27. The van der Waals surface area contributed by atoms with E-state index < -0.39 is 5.54 Å². The number of carbonyl (C=O) groups is 1. The molecule has 0 unspecified atom stereocenters. The summed E-state index contributed by atoms with van der Waals surface area (Å²) in [5.41, 5.74) is 5.31. The van der Waals surface area contributed by atoms with Gasteiger partial charge in [-0.05, 0) is 25.7 Å². The molecule has 2 fully saturated rings. The van der Waals surface area contributed by atoms with E-state index in [9.17, 15) is 10.1 Å². The Labute approximate surface area is 121 Å². The third-order valence-electron chi connectivity index (χ3n) is 4.90. The summed E-state index contributed by atoms with van der Waals surface area (Å²) < 4.78 is 0. The first-order valence-electron chi connectivity index (χ1n) is 7.73. The molecule has 2 rings (SSSR count). The summed E-state index contributed by atoms with van der Waals surface area (Å²) in [6.07, 6.45) is 6.82. The Morgan fingerprint density at radius 1 is 1.35 bits per heavy atom. The predicted molar refractivity (Wildman–Crippen MR) is 77.8 cm³/mol. The van der Waals surface area contributed by atoms with Gasteiger partial charge in [-0.1, -0.05) is 19.3 Å². The summed E-state index contributed by atoms with van der Waals surface area (Å²) in [6.45, 7) is 2.20. The van der Waals surface area contributed by atoms with Crippen LogP contribution < -0.4 is 5.73 Å². The van der Waals surface area contributed by atoms with Crippen LogP contribution in [0.15, 0.2) is 0 Å². The Balaban J connectivity index is 1.92. The third kappa shape index (κ3) is 3.31. The topological polar surface area (TPSA) is 73.4 Å². The normalized spacial score (nSPS) is 24.1. The lowest BCUT2D eigenvalue weighted by molar-refractivity contribution is -0.136. The first-order chi connectivity index (χ1) is 9.57. The molecule has 1 saturated heterocycles. The number of nitrogens with two attached hydrogens (primary N) is 1. The largest absolute Gasteiger partial charge is 0.328 e. The molecule has 0 radical (unpaired) electrons. The van der Waals surface area contributed by atoms with Crippen molar-refractivity contribution < 1.29 is 4.79 Å². The summed E-state index contributed by atoms with van der Waals surface area (Å²) in [4.78, 5) is 16.3. The van der Waals surface area contributed by atoms with Crippen LogP contribution in [0, 0.1) is 11.3 Å². The quantitative estimate of drug-likeness (QED) is 0.839. The SMILES string of the molecule is CN(C(=O)CN1CCC(N)CC1)C1(C#N)CCCCC1. The van der Waals surface area contributed by atoms with Crippen LogP contribution in [0.1, 0.15) is 44.9 Å². The number of nitriles is 1. The molecule has 2 N–H and O–H groups in total. The molecule has 112 valence electrons. The van der Waals surface area contributed by atoms with E-state index in [1.165, 1.54) is 6.42 Å². The van der Waals surface area contributed by atoms with Crippen LogP contribution in [0.3, 0.4) is 0 Å². The lowest BCUT2D eigenvalue weighted by Crippen LogP contribution is -2.53. The molecule has 1 saturated carbocycles. The van der Waals surface area contributed by atoms with Gasteiger partial charge in [-0.2, -0.15) is 5.26 Å². The molecule has 1 amide bonds. The Morgan fingerprint density at radius 2 is 1.95 bits per heavy atom. The number of amides is 1. The van der Waals surface area contributed by atoms with Crippen LogP contribution in [-0.4, -0.2) is 54.0 Å². The van der Waals surface area contributed by atoms with Crippen molar-refractivity contribution in [3.05, 3.63) is 0 Å². The zero-order valence-corrected chi connectivity index (χ0v) is 12.5. The van der Waals surface area contributed by atoms with Crippen LogP contribution in [-0.2, 0) is 4.79 Å². The van der Waals surface area contributed by atoms with E-state index in [2.05, 4.69) is 11.0 Å². The molecule has 0 spiro atoms. The molecule has 1 aliphatic heterocycles. The second kappa shape index (κ2) is 6.55. The van der Waals surface area contributed by atoms with E-state index in [0.29, 0.717) is 6.54 Å². The summed E-state index contributed by atoms with van der Waals surface area (Å²) >= 11 is 0. The molecular formula is C15H26N4O. The molecule has 2 aliphatic rings. The summed E-state index contributed by atoms with van der Waals surface area (Å²) in [5.74, 6) is 0.0731. The van der Waals surface area contributed by atoms with Crippen molar-refractivity contribution in [2.75, 3.05) is 26.7 Å². The predicted octanol–water partition coefficient (Wildman–Crippen LogP) is 1.09. The maximum absolute atomic E-state index is 12.5. The first-order valence-corrected chi connectivity index (χ1v) is 7.73. The van der Waals surface area contributed by atoms with Crippen LogP contribution in [0.4, 0.5) is 0 Å². The fraction of sp³-hybridized carbons (Fsp3) is 0.867. The van der Waals surface area contributed by atoms with Crippen molar-refractivity contribution in [1.82, 2.24) is 9.80 Å². The Hall–Kier alpha value is -1.12. The average molecular weight is 278 g/mol. The molecule has 0 bridgehead atoms. The van der Waals surface area contributed by atoms with E-state index in [0.717, 1.165) is 51.6 Å². The van der Waals surface area contributed by atoms with Gasteiger partial charge in [-0.25, -0.2) is 0 Å². The average Bonchev–Trinajstić information content (AvgIpc) is 2.49. The molecular weight excluding hydrogens is 252 g/mol. The molecule has 5 nitrogen and oxygen atoms in total. The van der Waals surface area contributed by atoms with Gasteiger partial charge in [0.25, 0.3) is 0 Å². The fourth-order valence-electron chi connectivity index (χ4n) is 3.31. The molecule has 0 atom stereocenters. The van der Waals surface area contributed by atoms with Gasteiger partial charge in [-0.3, -0.25) is 9.69 Å². The van der Waals surface area contributed by atoms with E-state index in [1.54, 1.807) is 11.9 Å². The van der Waals surface area contributed by atoms with Gasteiger partial charge in [0.15, 0.2) is 0 Å². The Kier molecular flexibility index (Phi) is 5.00. The van der Waals surface area contributed by atoms with E-state index in [1.807, 2.05) is 0 Å². The zero-order chi connectivity index (χ0) is 14.6. The second-order valence-corrected chi connectivity index (χ2v) is 6.27. The Morgan fingerprint density at radius 3 is 2.50 bits per heavy atom. The van der Waals surface area contributed by atoms with Crippen molar-refractivity contribution in [1.29, 1.82) is 5.26 Å². The van der Waals surface area contributed by atoms with Gasteiger partial charge in [0.2, 0.25) is 5.91 Å². The van der Waals surface area contributed by atoms with E-state index in [4.69, 9.17) is 5.73 Å². The van der Waals surface area contributed by atoms with Crippen LogP contribution >= 0.6 is 0 Å². The minimum Gasteiger partial charge on any atom is -0.328 e. The van der Waals surface area contributed by atoms with Gasteiger partial charge < -0.3 is 10.6 Å². The number of carbonyl (C=O) groups excluding carboxylic acids is 1. The highest BCUT2D eigenvalue weighted by atomic mass is 16.2. The minimum atomic E-state index is -0.568. The van der Waals surface area contributed by atoms with Crippen molar-refractivity contribution in [3.8, 4) is 6.07 Å². The van der Waals surface area contributed by atoms with Gasteiger partial charge in [0.05, 0.1) is 12.6 Å². The van der Waals surface area contributed by atoms with Gasteiger partial charge in [-0.15, -0.1) is 0 Å². The molecule has 0 aromatic rings. The Bertz CT molecular complexity index is 376. The maximum atomic E-state index is 12.5. The molecule has 20 heavy (non-hydrogen) atoms. The van der Waals surface area contributed by atoms with Crippen LogP contribution in [0.5, 0.6) is 0 Å². The summed E-state index contributed by atoms with van der Waals surface area (Å²) in [6, 6.07) is 2.69. The number of likely N-dealkylation sites (tertiary alicyclic amines) is 1.